The third-order valence-electron chi connectivity index (χ3n) is 1.84. The van der Waals surface area contributed by atoms with Crippen molar-refractivity contribution in [3.63, 3.8) is 0 Å². The lowest BCUT2D eigenvalue weighted by atomic mass is 10.1. The number of nitrogens with one attached hydrogen (secondary N) is 1. The molecule has 1 fully saturated rings. The largest absolute Gasteiger partial charge is 0.346 e. The van der Waals surface area contributed by atoms with Gasteiger partial charge in [0.2, 0.25) is 0 Å². The van der Waals surface area contributed by atoms with Crippen LogP contribution in [0.15, 0.2) is 0 Å². The van der Waals surface area contributed by atoms with Crippen LogP contribution in [0.4, 0.5) is 0 Å². The van der Waals surface area contributed by atoms with Crippen LogP contribution in [-0.4, -0.2) is 36.4 Å². The molecule has 0 aromatic carbocycles. The minimum atomic E-state index is -0.650. The number of hydrogen-bond acceptors (Lipinski definition) is 5. The lowest BCUT2D eigenvalue weighted by Crippen LogP contribution is -2.36. The zero-order chi connectivity index (χ0) is 10.7. The Morgan fingerprint density at radius 1 is 1.64 bits per heavy atom. The van der Waals surface area contributed by atoms with Crippen molar-refractivity contribution in [1.82, 2.24) is 10.4 Å². The van der Waals surface area contributed by atoms with Crippen molar-refractivity contribution in [3.05, 3.63) is 0 Å². The Hall–Kier alpha value is -1.43. The number of amides is 2. The van der Waals surface area contributed by atoms with E-state index in [4.69, 9.17) is 0 Å². The van der Waals surface area contributed by atoms with Gasteiger partial charge in [-0.05, 0) is 7.05 Å². The van der Waals surface area contributed by atoms with Crippen molar-refractivity contribution in [2.75, 3.05) is 13.6 Å². The summed E-state index contributed by atoms with van der Waals surface area (Å²) in [7, 11) is 1.57. The van der Waals surface area contributed by atoms with Crippen molar-refractivity contribution in [2.45, 2.75) is 13.3 Å². The molecule has 2 amide bonds. The highest BCUT2D eigenvalue weighted by Crippen LogP contribution is 2.18. The molecule has 0 radical (unpaired) electrons. The molecule has 1 heterocycles. The molecule has 1 saturated heterocycles. The lowest BCUT2D eigenvalue weighted by Gasteiger charge is -2.12. The van der Waals surface area contributed by atoms with E-state index in [1.807, 2.05) is 0 Å². The van der Waals surface area contributed by atoms with E-state index in [1.165, 1.54) is 0 Å². The maximum absolute atomic E-state index is 11.3. The summed E-state index contributed by atoms with van der Waals surface area (Å²) in [5, 5.41) is 3.10. The first-order valence-corrected chi connectivity index (χ1v) is 4.28. The minimum absolute atomic E-state index is 0.0363. The van der Waals surface area contributed by atoms with Crippen molar-refractivity contribution in [2.24, 2.45) is 5.92 Å². The lowest BCUT2D eigenvalue weighted by molar-refractivity contribution is -0.197. The molecule has 6 nitrogen and oxygen atoms in total. The second kappa shape index (κ2) is 4.19. The van der Waals surface area contributed by atoms with E-state index in [0.29, 0.717) is 5.06 Å². The number of rotatable bonds is 3. The van der Waals surface area contributed by atoms with Gasteiger partial charge in [0.05, 0.1) is 6.54 Å². The summed E-state index contributed by atoms with van der Waals surface area (Å²) in [4.78, 5) is 38.0. The number of hydrogen-bond donors (Lipinski definition) is 1. The average molecular weight is 200 g/mol. The molecule has 1 N–H and O–H groups in total. The smallest absolute Gasteiger partial charge is 0.329 e. The molecule has 1 rings (SSSR count). The molecule has 1 aliphatic rings. The van der Waals surface area contributed by atoms with Crippen molar-refractivity contribution >= 4 is 17.8 Å². The van der Waals surface area contributed by atoms with Gasteiger partial charge in [0.15, 0.2) is 0 Å². The number of carbonyl (C=O) groups excluding carboxylic acids is 3. The first kappa shape index (κ1) is 10.6. The Kier molecular flexibility index (Phi) is 3.19. The molecule has 0 saturated carbocycles. The maximum atomic E-state index is 11.3. The molecule has 1 aliphatic heterocycles. The Labute approximate surface area is 81.1 Å². The van der Waals surface area contributed by atoms with Gasteiger partial charge >= 0.3 is 5.97 Å². The van der Waals surface area contributed by atoms with Crippen molar-refractivity contribution < 1.29 is 19.2 Å². The number of carbonyl (C=O) groups is 3. The van der Waals surface area contributed by atoms with E-state index in [1.54, 1.807) is 14.0 Å². The summed E-state index contributed by atoms with van der Waals surface area (Å²) >= 11 is 0. The molecule has 0 bridgehead atoms. The predicted octanol–water partition coefficient (Wildman–Crippen LogP) is -0.941. The van der Waals surface area contributed by atoms with Gasteiger partial charge in [-0.3, -0.25) is 9.59 Å². The van der Waals surface area contributed by atoms with E-state index in [0.717, 1.165) is 0 Å². The number of nitrogens with zero attached hydrogens (tertiary/aromatic N) is 1. The summed E-state index contributed by atoms with van der Waals surface area (Å²) in [6.07, 6.45) is 0.103. The van der Waals surface area contributed by atoms with Gasteiger partial charge in [-0.15, -0.1) is 5.06 Å². The fourth-order valence-corrected chi connectivity index (χ4v) is 1.13. The minimum Gasteiger partial charge on any atom is -0.329 e. The van der Waals surface area contributed by atoms with Gasteiger partial charge in [-0.1, -0.05) is 6.92 Å². The van der Waals surface area contributed by atoms with Crippen LogP contribution in [0.1, 0.15) is 13.3 Å². The molecular weight excluding hydrogens is 188 g/mol. The zero-order valence-corrected chi connectivity index (χ0v) is 8.07. The third kappa shape index (κ3) is 2.08. The SMILES string of the molecule is CNCC(=O)ON1C(=O)CC(C)C1=O. The van der Waals surface area contributed by atoms with Crippen LogP contribution in [0.3, 0.4) is 0 Å². The summed E-state index contributed by atoms with van der Waals surface area (Å²) in [5.41, 5.74) is 0. The molecule has 6 heteroatoms. The highest BCUT2D eigenvalue weighted by atomic mass is 16.7. The Morgan fingerprint density at radius 3 is 2.71 bits per heavy atom. The van der Waals surface area contributed by atoms with Crippen LogP contribution >= 0.6 is 0 Å². The summed E-state index contributed by atoms with van der Waals surface area (Å²) in [6.45, 7) is 1.58. The van der Waals surface area contributed by atoms with Gasteiger partial charge < -0.3 is 10.2 Å². The molecule has 1 unspecified atom stereocenters. The van der Waals surface area contributed by atoms with Crippen molar-refractivity contribution in [1.29, 1.82) is 0 Å². The quantitative estimate of drug-likeness (QED) is 0.595. The Balaban J connectivity index is 2.56. The highest BCUT2D eigenvalue weighted by molar-refractivity contribution is 6.03. The van der Waals surface area contributed by atoms with E-state index >= 15 is 0 Å². The van der Waals surface area contributed by atoms with E-state index in [9.17, 15) is 14.4 Å². The van der Waals surface area contributed by atoms with Gasteiger partial charge in [0.1, 0.15) is 0 Å². The van der Waals surface area contributed by atoms with Crippen LogP contribution in [-0.2, 0) is 19.2 Å². The fourth-order valence-electron chi connectivity index (χ4n) is 1.13. The van der Waals surface area contributed by atoms with Crippen LogP contribution in [0.2, 0.25) is 0 Å². The second-order valence-electron chi connectivity index (χ2n) is 3.13. The van der Waals surface area contributed by atoms with Gasteiger partial charge in [-0.2, -0.15) is 0 Å². The highest BCUT2D eigenvalue weighted by Gasteiger charge is 2.38. The summed E-state index contributed by atoms with van der Waals surface area (Å²) < 4.78 is 0. The van der Waals surface area contributed by atoms with Crippen LogP contribution in [0.5, 0.6) is 0 Å². The normalized spacial score (nSPS) is 21.6. The van der Waals surface area contributed by atoms with E-state index in [-0.39, 0.29) is 13.0 Å². The second-order valence-corrected chi connectivity index (χ2v) is 3.13. The summed E-state index contributed by atoms with van der Waals surface area (Å²) in [5.74, 6) is -1.97. The van der Waals surface area contributed by atoms with E-state index < -0.39 is 23.7 Å². The molecular formula is C8H12N2O4. The third-order valence-corrected chi connectivity index (χ3v) is 1.84. The van der Waals surface area contributed by atoms with E-state index in [2.05, 4.69) is 10.2 Å². The van der Waals surface area contributed by atoms with Crippen LogP contribution < -0.4 is 5.32 Å². The Bertz CT molecular complexity index is 277. The monoisotopic (exact) mass is 200 g/mol. The molecule has 0 aliphatic carbocycles. The molecule has 0 aromatic rings. The van der Waals surface area contributed by atoms with Crippen LogP contribution in [0, 0.1) is 5.92 Å². The first-order valence-electron chi connectivity index (χ1n) is 4.28. The average Bonchev–Trinajstić information content (AvgIpc) is 2.33. The molecule has 0 spiro atoms. The number of likely N-dealkylation sites (N-methyl/N-ethyl adjacent to an activating group) is 1. The predicted molar refractivity (Wildman–Crippen MR) is 45.7 cm³/mol. The Morgan fingerprint density at radius 2 is 2.29 bits per heavy atom. The number of imide groups is 1. The summed E-state index contributed by atoms with van der Waals surface area (Å²) in [6, 6.07) is 0. The molecule has 1 atom stereocenters. The van der Waals surface area contributed by atoms with Crippen LogP contribution in [0.25, 0.3) is 0 Å². The molecule has 78 valence electrons. The first-order chi connectivity index (χ1) is 6.56. The maximum Gasteiger partial charge on any atom is 0.346 e. The van der Waals surface area contributed by atoms with Crippen molar-refractivity contribution in [3.8, 4) is 0 Å². The zero-order valence-electron chi connectivity index (χ0n) is 8.07. The topological polar surface area (TPSA) is 75.7 Å². The molecule has 0 aromatic heterocycles. The van der Waals surface area contributed by atoms with Gasteiger partial charge in [0.25, 0.3) is 11.8 Å². The van der Waals surface area contributed by atoms with Gasteiger partial charge in [0, 0.05) is 12.3 Å². The number of hydroxylamine groups is 2. The standard InChI is InChI=1S/C8H12N2O4/c1-5-3-6(11)10(8(5)13)14-7(12)4-9-2/h5,9H,3-4H2,1-2H3. The molecule has 14 heavy (non-hydrogen) atoms. The van der Waals surface area contributed by atoms with Gasteiger partial charge in [-0.25, -0.2) is 4.79 Å². The fraction of sp³-hybridized carbons (Fsp3) is 0.625.